The summed E-state index contributed by atoms with van der Waals surface area (Å²) in [7, 11) is 0. The molecule has 0 radical (unpaired) electrons. The van der Waals surface area contributed by atoms with E-state index in [2.05, 4.69) is 5.32 Å². The third-order valence-corrected chi connectivity index (χ3v) is 3.11. The zero-order chi connectivity index (χ0) is 16.9. The average molecular weight is 325 g/mol. The molecule has 0 aliphatic carbocycles. The van der Waals surface area contributed by atoms with Crippen LogP contribution in [0.2, 0.25) is 5.02 Å². The van der Waals surface area contributed by atoms with Gasteiger partial charge in [0.25, 0.3) is 5.91 Å². The lowest BCUT2D eigenvalue weighted by Gasteiger charge is -2.12. The molecule has 0 aliphatic rings. The highest BCUT2D eigenvalue weighted by atomic mass is 35.5. The van der Waals surface area contributed by atoms with Crippen molar-refractivity contribution >= 4 is 28.9 Å². The van der Waals surface area contributed by atoms with E-state index in [0.717, 1.165) is 0 Å². The van der Waals surface area contributed by atoms with E-state index >= 15 is 0 Å². The Morgan fingerprint density at radius 3 is 2.36 bits per heavy atom. The van der Waals surface area contributed by atoms with Crippen molar-refractivity contribution in [3.63, 3.8) is 0 Å². The van der Waals surface area contributed by atoms with Crippen LogP contribution in [0.5, 0.6) is 5.75 Å². The smallest absolute Gasteiger partial charge is 0.258 e. The summed E-state index contributed by atoms with van der Waals surface area (Å²) in [6, 6.07) is 6.76. The Labute approximate surface area is 133 Å². The van der Waals surface area contributed by atoms with Crippen LogP contribution in [-0.4, -0.2) is 11.0 Å². The molecule has 0 saturated carbocycles. The van der Waals surface area contributed by atoms with E-state index < -0.39 is 11.7 Å². The number of rotatable bonds is 2. The predicted molar refractivity (Wildman–Crippen MR) is 88.0 cm³/mol. The number of hydrogen-bond donors (Lipinski definition) is 3. The van der Waals surface area contributed by atoms with E-state index in [9.17, 15) is 14.3 Å². The van der Waals surface area contributed by atoms with Gasteiger partial charge in [0.2, 0.25) is 0 Å². The number of amides is 1. The van der Waals surface area contributed by atoms with E-state index in [4.69, 9.17) is 17.3 Å². The summed E-state index contributed by atoms with van der Waals surface area (Å²) >= 11 is 5.77. The second kappa shape index (κ2) is 7.66. The number of nitrogens with two attached hydrogens (primary N) is 1. The number of carbonyl (C=O) groups excluding carboxylic acids is 1. The van der Waals surface area contributed by atoms with Gasteiger partial charge in [0.15, 0.2) is 5.75 Å². The summed E-state index contributed by atoms with van der Waals surface area (Å²) in [5, 5.41) is 12.3. The lowest BCUT2D eigenvalue weighted by Crippen LogP contribution is -2.15. The highest BCUT2D eigenvalue weighted by Crippen LogP contribution is 2.35. The van der Waals surface area contributed by atoms with Gasteiger partial charge in [-0.2, -0.15) is 0 Å². The second-order valence-electron chi connectivity index (χ2n) is 4.27. The number of hydrogen-bond acceptors (Lipinski definition) is 3. The average Bonchev–Trinajstić information content (AvgIpc) is 2.49. The van der Waals surface area contributed by atoms with Crippen LogP contribution >= 0.6 is 11.6 Å². The van der Waals surface area contributed by atoms with Crippen molar-refractivity contribution in [1.29, 1.82) is 0 Å². The van der Waals surface area contributed by atoms with Crippen molar-refractivity contribution in [1.82, 2.24) is 0 Å². The normalized spacial score (nSPS) is 9.68. The minimum Gasteiger partial charge on any atom is -0.504 e. The highest BCUT2D eigenvalue weighted by Gasteiger charge is 2.18. The van der Waals surface area contributed by atoms with Gasteiger partial charge in [-0.25, -0.2) is 4.39 Å². The zero-order valence-corrected chi connectivity index (χ0v) is 13.3. The molecule has 0 fully saturated rings. The largest absolute Gasteiger partial charge is 0.504 e. The van der Waals surface area contributed by atoms with Crippen LogP contribution < -0.4 is 11.1 Å². The van der Waals surface area contributed by atoms with Crippen molar-refractivity contribution in [3.05, 3.63) is 52.3 Å². The Balaban J connectivity index is 0.00000116. The molecule has 0 atom stereocenters. The monoisotopic (exact) mass is 324 g/mol. The second-order valence-corrected chi connectivity index (χ2v) is 4.68. The van der Waals surface area contributed by atoms with Gasteiger partial charge >= 0.3 is 0 Å². The van der Waals surface area contributed by atoms with Crippen LogP contribution in [0.25, 0.3) is 0 Å². The standard InChI is InChI=1S/C14H12ClFN2O2.C2H6/c1-7-6-10(15)13(19)12(17)11(7)14(20)18-9-4-2-8(16)3-5-9;1-2/h2-6,19H,17H2,1H3,(H,18,20);1-2H3. The molecule has 1 amide bonds. The Morgan fingerprint density at radius 1 is 1.27 bits per heavy atom. The van der Waals surface area contributed by atoms with Crippen LogP contribution in [0.1, 0.15) is 29.8 Å². The molecule has 6 heteroatoms. The summed E-state index contributed by atoms with van der Waals surface area (Å²) in [6.45, 7) is 5.65. The first-order valence-electron chi connectivity index (χ1n) is 6.74. The summed E-state index contributed by atoms with van der Waals surface area (Å²) in [5.74, 6) is -1.23. The Hall–Kier alpha value is -2.27. The molecule has 2 rings (SSSR count). The summed E-state index contributed by atoms with van der Waals surface area (Å²) in [4.78, 5) is 12.2. The fourth-order valence-corrected chi connectivity index (χ4v) is 2.08. The number of halogens is 2. The van der Waals surface area contributed by atoms with E-state index in [0.29, 0.717) is 11.3 Å². The van der Waals surface area contributed by atoms with Crippen molar-refractivity contribution in [3.8, 4) is 5.75 Å². The van der Waals surface area contributed by atoms with Gasteiger partial charge < -0.3 is 16.2 Å². The molecule has 4 N–H and O–H groups in total. The number of aromatic hydroxyl groups is 1. The molecule has 4 nitrogen and oxygen atoms in total. The number of benzene rings is 2. The van der Waals surface area contributed by atoms with Gasteiger partial charge in [-0.3, -0.25) is 4.79 Å². The summed E-state index contributed by atoms with van der Waals surface area (Å²) in [6.07, 6.45) is 0. The van der Waals surface area contributed by atoms with Crippen LogP contribution in [0.4, 0.5) is 15.8 Å². The molecule has 22 heavy (non-hydrogen) atoms. The number of phenols is 1. The van der Waals surface area contributed by atoms with Crippen molar-refractivity contribution < 1.29 is 14.3 Å². The first-order valence-corrected chi connectivity index (χ1v) is 7.12. The SMILES string of the molecule is CC.Cc1cc(Cl)c(O)c(N)c1C(=O)Nc1ccc(F)cc1. The predicted octanol–water partition coefficient (Wildman–Crippen LogP) is 4.35. The number of nitrogen functional groups attached to an aromatic ring is 1. The third-order valence-electron chi connectivity index (χ3n) is 2.82. The van der Waals surface area contributed by atoms with E-state index in [-0.39, 0.29) is 22.0 Å². The number of anilines is 2. The molecule has 2 aromatic carbocycles. The van der Waals surface area contributed by atoms with Gasteiger partial charge in [-0.05, 0) is 42.8 Å². The zero-order valence-electron chi connectivity index (χ0n) is 12.6. The molecular weight excluding hydrogens is 307 g/mol. The molecule has 2 aromatic rings. The Bertz CT molecular complexity index is 673. The first kappa shape index (κ1) is 17.8. The minimum atomic E-state index is -0.501. The van der Waals surface area contributed by atoms with Crippen molar-refractivity contribution in [2.45, 2.75) is 20.8 Å². The topological polar surface area (TPSA) is 75.3 Å². The van der Waals surface area contributed by atoms with Crippen LogP contribution in [-0.2, 0) is 0 Å². The van der Waals surface area contributed by atoms with Gasteiger partial charge in [0, 0.05) is 5.69 Å². The lowest BCUT2D eigenvalue weighted by atomic mass is 10.0. The van der Waals surface area contributed by atoms with Gasteiger partial charge in [-0.1, -0.05) is 25.4 Å². The van der Waals surface area contributed by atoms with Gasteiger partial charge in [-0.15, -0.1) is 0 Å². The highest BCUT2D eigenvalue weighted by molar-refractivity contribution is 6.33. The maximum Gasteiger partial charge on any atom is 0.258 e. The first-order chi connectivity index (χ1) is 10.4. The third kappa shape index (κ3) is 3.89. The fourth-order valence-electron chi connectivity index (χ4n) is 1.82. The van der Waals surface area contributed by atoms with Crippen LogP contribution in [0.15, 0.2) is 30.3 Å². The number of carbonyl (C=O) groups is 1. The fraction of sp³-hybridized carbons (Fsp3) is 0.188. The molecule has 0 heterocycles. The van der Waals surface area contributed by atoms with Crippen molar-refractivity contribution in [2.24, 2.45) is 0 Å². The molecule has 0 spiro atoms. The molecule has 0 saturated heterocycles. The van der Waals surface area contributed by atoms with Crippen molar-refractivity contribution in [2.75, 3.05) is 11.1 Å². The quantitative estimate of drug-likeness (QED) is 0.567. The minimum absolute atomic E-state index is 0.0818. The molecule has 118 valence electrons. The molecule has 0 aromatic heterocycles. The summed E-state index contributed by atoms with van der Waals surface area (Å²) < 4.78 is 12.8. The number of aryl methyl sites for hydroxylation is 1. The Kier molecular flexibility index (Phi) is 6.19. The molecule has 0 bridgehead atoms. The van der Waals surface area contributed by atoms with E-state index in [1.807, 2.05) is 13.8 Å². The number of phenolic OH excluding ortho intramolecular Hbond substituents is 1. The number of nitrogens with one attached hydrogen (secondary N) is 1. The maximum absolute atomic E-state index is 12.8. The molecular formula is C16H18ClFN2O2. The maximum atomic E-state index is 12.8. The molecule has 0 unspecified atom stereocenters. The van der Waals surface area contributed by atoms with Gasteiger partial charge in [0.1, 0.15) is 5.82 Å². The Morgan fingerprint density at radius 2 is 1.82 bits per heavy atom. The van der Waals surface area contributed by atoms with Crippen LogP contribution in [0, 0.1) is 12.7 Å². The lowest BCUT2D eigenvalue weighted by molar-refractivity contribution is 0.102. The molecule has 0 aliphatic heterocycles. The summed E-state index contributed by atoms with van der Waals surface area (Å²) in [5.41, 5.74) is 6.71. The van der Waals surface area contributed by atoms with Crippen LogP contribution in [0.3, 0.4) is 0 Å². The van der Waals surface area contributed by atoms with E-state index in [1.54, 1.807) is 6.92 Å². The van der Waals surface area contributed by atoms with Gasteiger partial charge in [0.05, 0.1) is 16.3 Å². The van der Waals surface area contributed by atoms with E-state index in [1.165, 1.54) is 30.3 Å².